The Kier molecular flexibility index (Phi) is 5.90. The van der Waals surface area contributed by atoms with Gasteiger partial charge in [0.05, 0.1) is 30.1 Å². The second-order valence-electron chi connectivity index (χ2n) is 6.58. The first-order chi connectivity index (χ1) is 11.4. The molecular formula is C19H25N3O2. The molecule has 128 valence electrons. The number of carbonyl (C=O) groups is 1. The van der Waals surface area contributed by atoms with E-state index in [1.165, 1.54) is 6.20 Å². The molecular weight excluding hydrogens is 302 g/mol. The molecule has 0 aliphatic heterocycles. The van der Waals surface area contributed by atoms with Crippen molar-refractivity contribution in [2.45, 2.75) is 40.0 Å². The predicted octanol–water partition coefficient (Wildman–Crippen LogP) is 3.64. The van der Waals surface area contributed by atoms with Gasteiger partial charge in [-0.05, 0) is 38.3 Å². The first-order valence-corrected chi connectivity index (χ1v) is 8.26. The second kappa shape index (κ2) is 7.90. The van der Waals surface area contributed by atoms with E-state index in [0.29, 0.717) is 18.8 Å². The SMILES string of the molecule is CCCCOC(=O)C(C)(C)Cc1cccc(-c2cncc(N)n2)c1. The summed E-state index contributed by atoms with van der Waals surface area (Å²) in [6.07, 6.45) is 5.70. The lowest BCUT2D eigenvalue weighted by atomic mass is 9.85. The number of nitrogens with zero attached hydrogens (tertiary/aromatic N) is 2. The summed E-state index contributed by atoms with van der Waals surface area (Å²) in [7, 11) is 0. The van der Waals surface area contributed by atoms with Gasteiger partial charge >= 0.3 is 5.97 Å². The smallest absolute Gasteiger partial charge is 0.311 e. The Morgan fingerprint density at radius 2 is 2.08 bits per heavy atom. The van der Waals surface area contributed by atoms with Crippen molar-refractivity contribution in [2.75, 3.05) is 12.3 Å². The summed E-state index contributed by atoms with van der Waals surface area (Å²) < 4.78 is 5.37. The van der Waals surface area contributed by atoms with Gasteiger partial charge in [0, 0.05) is 5.56 Å². The molecule has 0 atom stereocenters. The van der Waals surface area contributed by atoms with E-state index in [0.717, 1.165) is 29.7 Å². The van der Waals surface area contributed by atoms with Crippen LogP contribution in [0.25, 0.3) is 11.3 Å². The van der Waals surface area contributed by atoms with Crippen molar-refractivity contribution in [3.8, 4) is 11.3 Å². The van der Waals surface area contributed by atoms with Crippen LogP contribution >= 0.6 is 0 Å². The van der Waals surface area contributed by atoms with Crippen LogP contribution in [0.15, 0.2) is 36.7 Å². The lowest BCUT2D eigenvalue weighted by molar-refractivity contribution is -0.154. The molecule has 0 radical (unpaired) electrons. The van der Waals surface area contributed by atoms with Crippen molar-refractivity contribution in [3.63, 3.8) is 0 Å². The Hall–Kier alpha value is -2.43. The number of anilines is 1. The first-order valence-electron chi connectivity index (χ1n) is 8.26. The van der Waals surface area contributed by atoms with Gasteiger partial charge in [0.15, 0.2) is 0 Å². The van der Waals surface area contributed by atoms with E-state index in [-0.39, 0.29) is 5.97 Å². The number of esters is 1. The summed E-state index contributed by atoms with van der Waals surface area (Å²) in [5, 5.41) is 0. The van der Waals surface area contributed by atoms with Crippen LogP contribution in [0.5, 0.6) is 0 Å². The third-order valence-electron chi connectivity index (χ3n) is 3.81. The lowest BCUT2D eigenvalue weighted by Gasteiger charge is -2.23. The summed E-state index contributed by atoms with van der Waals surface area (Å²) in [5.41, 5.74) is 7.83. The van der Waals surface area contributed by atoms with Crippen LogP contribution in [0.2, 0.25) is 0 Å². The van der Waals surface area contributed by atoms with E-state index in [9.17, 15) is 4.79 Å². The Labute approximate surface area is 143 Å². The zero-order chi connectivity index (χ0) is 17.6. The summed E-state index contributed by atoms with van der Waals surface area (Å²) in [6, 6.07) is 7.93. The molecule has 2 N–H and O–H groups in total. The van der Waals surface area contributed by atoms with E-state index in [1.807, 2.05) is 38.1 Å². The van der Waals surface area contributed by atoms with Crippen molar-refractivity contribution in [1.82, 2.24) is 9.97 Å². The van der Waals surface area contributed by atoms with Gasteiger partial charge in [-0.15, -0.1) is 0 Å². The summed E-state index contributed by atoms with van der Waals surface area (Å²) in [4.78, 5) is 20.6. The molecule has 0 spiro atoms. The third-order valence-corrected chi connectivity index (χ3v) is 3.81. The van der Waals surface area contributed by atoms with Gasteiger partial charge in [0.25, 0.3) is 0 Å². The molecule has 0 saturated carbocycles. The van der Waals surface area contributed by atoms with Crippen molar-refractivity contribution in [2.24, 2.45) is 5.41 Å². The molecule has 0 bridgehead atoms. The number of rotatable bonds is 7. The van der Waals surface area contributed by atoms with Crippen LogP contribution in [0.3, 0.4) is 0 Å². The highest BCUT2D eigenvalue weighted by Gasteiger charge is 2.29. The van der Waals surface area contributed by atoms with Crippen LogP contribution in [0, 0.1) is 5.41 Å². The molecule has 0 aliphatic carbocycles. The highest BCUT2D eigenvalue weighted by Crippen LogP contribution is 2.26. The molecule has 1 heterocycles. The Morgan fingerprint density at radius 1 is 1.29 bits per heavy atom. The zero-order valence-electron chi connectivity index (χ0n) is 14.6. The molecule has 0 aliphatic rings. The minimum absolute atomic E-state index is 0.162. The van der Waals surface area contributed by atoms with Crippen molar-refractivity contribution in [1.29, 1.82) is 0 Å². The third kappa shape index (κ3) is 4.78. The highest BCUT2D eigenvalue weighted by molar-refractivity contribution is 5.76. The Morgan fingerprint density at radius 3 is 2.79 bits per heavy atom. The highest BCUT2D eigenvalue weighted by atomic mass is 16.5. The average Bonchev–Trinajstić information content (AvgIpc) is 2.55. The van der Waals surface area contributed by atoms with E-state index < -0.39 is 5.41 Å². The zero-order valence-corrected chi connectivity index (χ0v) is 14.6. The van der Waals surface area contributed by atoms with Gasteiger partial charge in [-0.3, -0.25) is 9.78 Å². The number of carbonyl (C=O) groups excluding carboxylic acids is 1. The number of aromatic nitrogens is 2. The van der Waals surface area contributed by atoms with Gasteiger partial charge in [-0.1, -0.05) is 31.5 Å². The summed E-state index contributed by atoms with van der Waals surface area (Å²) in [5.74, 6) is 0.225. The van der Waals surface area contributed by atoms with Crippen LogP contribution in [-0.2, 0) is 16.0 Å². The molecule has 5 nitrogen and oxygen atoms in total. The molecule has 1 aromatic heterocycles. The predicted molar refractivity (Wildman–Crippen MR) is 95.2 cm³/mol. The maximum Gasteiger partial charge on any atom is 0.311 e. The van der Waals surface area contributed by atoms with E-state index >= 15 is 0 Å². The van der Waals surface area contributed by atoms with Crippen molar-refractivity contribution < 1.29 is 9.53 Å². The quantitative estimate of drug-likeness (QED) is 0.620. The molecule has 2 aromatic rings. The summed E-state index contributed by atoms with van der Waals surface area (Å²) >= 11 is 0. The standard InChI is InChI=1S/C19H25N3O2/c1-4-5-9-24-18(23)19(2,3)11-14-7-6-8-15(10-14)16-12-21-13-17(20)22-16/h6-8,10,12-13H,4-5,9,11H2,1-3H3,(H2,20,22). The minimum atomic E-state index is -0.576. The summed E-state index contributed by atoms with van der Waals surface area (Å²) in [6.45, 7) is 6.38. The average molecular weight is 327 g/mol. The maximum atomic E-state index is 12.3. The van der Waals surface area contributed by atoms with E-state index in [4.69, 9.17) is 10.5 Å². The maximum absolute atomic E-state index is 12.3. The molecule has 1 aromatic carbocycles. The number of nitrogen functional groups attached to an aromatic ring is 1. The van der Waals surface area contributed by atoms with Crippen LogP contribution in [0.4, 0.5) is 5.82 Å². The van der Waals surface area contributed by atoms with Crippen molar-refractivity contribution in [3.05, 3.63) is 42.2 Å². The Balaban J connectivity index is 2.12. The topological polar surface area (TPSA) is 78.1 Å². The van der Waals surface area contributed by atoms with Crippen LogP contribution < -0.4 is 5.73 Å². The number of nitrogens with two attached hydrogens (primary N) is 1. The molecule has 2 rings (SSSR count). The molecule has 24 heavy (non-hydrogen) atoms. The second-order valence-corrected chi connectivity index (χ2v) is 6.58. The fraction of sp³-hybridized carbons (Fsp3) is 0.421. The number of ether oxygens (including phenoxy) is 1. The van der Waals surface area contributed by atoms with E-state index in [2.05, 4.69) is 16.9 Å². The fourth-order valence-corrected chi connectivity index (χ4v) is 2.45. The number of hydrogen-bond donors (Lipinski definition) is 1. The monoisotopic (exact) mass is 327 g/mol. The van der Waals surface area contributed by atoms with Gasteiger partial charge in [-0.2, -0.15) is 0 Å². The molecule has 0 saturated heterocycles. The lowest BCUT2D eigenvalue weighted by Crippen LogP contribution is -2.29. The normalized spacial score (nSPS) is 11.3. The molecule has 5 heteroatoms. The molecule has 0 unspecified atom stereocenters. The van der Waals surface area contributed by atoms with Gasteiger partial charge in [0.2, 0.25) is 0 Å². The number of hydrogen-bond acceptors (Lipinski definition) is 5. The first kappa shape index (κ1) is 17.9. The number of unbranched alkanes of at least 4 members (excludes halogenated alkanes) is 1. The molecule has 0 amide bonds. The van der Waals surface area contributed by atoms with Crippen LogP contribution in [-0.4, -0.2) is 22.5 Å². The van der Waals surface area contributed by atoms with Crippen LogP contribution in [0.1, 0.15) is 39.2 Å². The molecule has 0 fully saturated rings. The Bertz CT molecular complexity index is 699. The fourth-order valence-electron chi connectivity index (χ4n) is 2.45. The van der Waals surface area contributed by atoms with Gasteiger partial charge in [0.1, 0.15) is 5.82 Å². The van der Waals surface area contributed by atoms with E-state index in [1.54, 1.807) is 6.20 Å². The number of benzene rings is 1. The van der Waals surface area contributed by atoms with Crippen molar-refractivity contribution >= 4 is 11.8 Å². The minimum Gasteiger partial charge on any atom is -0.465 e. The van der Waals surface area contributed by atoms with Gasteiger partial charge in [-0.25, -0.2) is 4.98 Å². The van der Waals surface area contributed by atoms with Gasteiger partial charge < -0.3 is 10.5 Å². The largest absolute Gasteiger partial charge is 0.465 e.